The molecule has 0 aliphatic carbocycles. The zero-order valence-electron chi connectivity index (χ0n) is 10.2. The Hall–Kier alpha value is -1.45. The average molecular weight is 221 g/mol. The molecule has 1 aliphatic rings. The van der Waals surface area contributed by atoms with E-state index in [2.05, 4.69) is 22.1 Å². The fourth-order valence-corrected chi connectivity index (χ4v) is 1.86. The van der Waals surface area contributed by atoms with Crippen molar-refractivity contribution in [1.29, 1.82) is 0 Å². The third-order valence-electron chi connectivity index (χ3n) is 2.58. The van der Waals surface area contributed by atoms with Crippen LogP contribution >= 0.6 is 0 Å². The number of hydrogen-bond acceptors (Lipinski definition) is 4. The van der Waals surface area contributed by atoms with Crippen molar-refractivity contribution in [1.82, 2.24) is 4.98 Å². The lowest BCUT2D eigenvalue weighted by Crippen LogP contribution is -2.34. The summed E-state index contributed by atoms with van der Waals surface area (Å²) in [4.78, 5) is 6.81. The van der Waals surface area contributed by atoms with E-state index in [1.165, 1.54) is 0 Å². The van der Waals surface area contributed by atoms with E-state index in [1.54, 1.807) is 0 Å². The van der Waals surface area contributed by atoms with E-state index < -0.39 is 0 Å². The molecule has 0 bridgehead atoms. The van der Waals surface area contributed by atoms with Gasteiger partial charge in [0, 0.05) is 25.7 Å². The molecule has 0 amide bonds. The van der Waals surface area contributed by atoms with Crippen LogP contribution in [0.25, 0.3) is 0 Å². The number of likely N-dealkylation sites (N-methyl/N-ethyl adjacent to an activating group) is 1. The summed E-state index contributed by atoms with van der Waals surface area (Å²) in [5, 5.41) is 3.35. The fraction of sp³-hybridized carbons (Fsp3) is 0.583. The minimum Gasteiger partial charge on any atom is -0.475 e. The monoisotopic (exact) mass is 221 g/mol. The topological polar surface area (TPSA) is 37.4 Å². The maximum atomic E-state index is 5.61. The summed E-state index contributed by atoms with van der Waals surface area (Å²) in [5.41, 5.74) is 1.10. The molecule has 1 N–H and O–H groups in total. The predicted molar refractivity (Wildman–Crippen MR) is 66.4 cm³/mol. The van der Waals surface area contributed by atoms with E-state index in [9.17, 15) is 0 Å². The van der Waals surface area contributed by atoms with Gasteiger partial charge in [-0.2, -0.15) is 4.98 Å². The maximum absolute atomic E-state index is 5.61. The second kappa shape index (κ2) is 4.60. The summed E-state index contributed by atoms with van der Waals surface area (Å²) in [7, 11) is 0. The fourth-order valence-electron chi connectivity index (χ4n) is 1.86. The van der Waals surface area contributed by atoms with Gasteiger partial charge in [-0.1, -0.05) is 0 Å². The highest BCUT2D eigenvalue weighted by molar-refractivity contribution is 5.68. The van der Waals surface area contributed by atoms with Gasteiger partial charge in [0.15, 0.2) is 5.82 Å². The molecule has 0 fully saturated rings. The van der Waals surface area contributed by atoms with Crippen molar-refractivity contribution in [2.75, 3.05) is 29.9 Å². The summed E-state index contributed by atoms with van der Waals surface area (Å²) in [6.07, 6.45) is 0.164. The zero-order chi connectivity index (χ0) is 11.5. The van der Waals surface area contributed by atoms with Gasteiger partial charge in [0.05, 0.1) is 11.8 Å². The third-order valence-corrected chi connectivity index (χ3v) is 2.58. The highest BCUT2D eigenvalue weighted by Crippen LogP contribution is 2.29. The summed E-state index contributed by atoms with van der Waals surface area (Å²) < 4.78 is 5.61. The first-order valence-electron chi connectivity index (χ1n) is 5.87. The van der Waals surface area contributed by atoms with E-state index in [0.29, 0.717) is 5.88 Å². The van der Waals surface area contributed by atoms with Gasteiger partial charge in [0.25, 0.3) is 0 Å². The number of hydrogen-bond donors (Lipinski definition) is 1. The van der Waals surface area contributed by atoms with E-state index in [1.807, 2.05) is 26.0 Å². The van der Waals surface area contributed by atoms with Gasteiger partial charge < -0.3 is 15.0 Å². The van der Waals surface area contributed by atoms with Crippen molar-refractivity contribution in [3.63, 3.8) is 0 Å². The smallest absolute Gasteiger partial charge is 0.215 e. The zero-order valence-corrected chi connectivity index (χ0v) is 10.2. The van der Waals surface area contributed by atoms with Crippen LogP contribution in [0.3, 0.4) is 0 Å². The molecule has 2 heterocycles. The minimum absolute atomic E-state index is 0.164. The lowest BCUT2D eigenvalue weighted by Gasteiger charge is -2.30. The molecule has 4 nitrogen and oxygen atoms in total. The van der Waals surface area contributed by atoms with Crippen molar-refractivity contribution < 1.29 is 4.74 Å². The highest BCUT2D eigenvalue weighted by Gasteiger charge is 2.17. The maximum Gasteiger partial charge on any atom is 0.215 e. The van der Waals surface area contributed by atoms with Crippen molar-refractivity contribution in [2.45, 2.75) is 26.9 Å². The van der Waals surface area contributed by atoms with Crippen LogP contribution < -0.4 is 15.0 Å². The minimum atomic E-state index is 0.164. The first-order chi connectivity index (χ1) is 7.70. The lowest BCUT2D eigenvalue weighted by atomic mass is 10.3. The number of nitrogens with zero attached hydrogens (tertiary/aromatic N) is 2. The second-order valence-electron chi connectivity index (χ2n) is 4.19. The number of nitrogens with one attached hydrogen (secondary N) is 1. The van der Waals surface area contributed by atoms with Crippen LogP contribution in [0.5, 0.6) is 5.88 Å². The third kappa shape index (κ3) is 2.21. The van der Waals surface area contributed by atoms with Crippen molar-refractivity contribution in [2.24, 2.45) is 0 Å². The summed E-state index contributed by atoms with van der Waals surface area (Å²) in [6, 6.07) is 3.97. The average Bonchev–Trinajstić information content (AvgIpc) is 2.27. The van der Waals surface area contributed by atoms with Crippen LogP contribution in [0.2, 0.25) is 0 Å². The molecule has 4 heteroatoms. The summed E-state index contributed by atoms with van der Waals surface area (Å²) in [5.74, 6) is 1.71. The Kier molecular flexibility index (Phi) is 3.17. The van der Waals surface area contributed by atoms with E-state index in [-0.39, 0.29) is 6.10 Å². The molecule has 1 aliphatic heterocycles. The molecule has 2 rings (SSSR count). The van der Waals surface area contributed by atoms with Crippen LogP contribution in [-0.2, 0) is 0 Å². The van der Waals surface area contributed by atoms with Gasteiger partial charge in [-0.05, 0) is 26.8 Å². The molecule has 0 aromatic carbocycles. The van der Waals surface area contributed by atoms with Gasteiger partial charge in [-0.3, -0.25) is 0 Å². The van der Waals surface area contributed by atoms with Crippen molar-refractivity contribution in [3.05, 3.63) is 12.1 Å². The Bertz CT molecular complexity index is 365. The molecule has 16 heavy (non-hydrogen) atoms. The van der Waals surface area contributed by atoms with E-state index >= 15 is 0 Å². The Labute approximate surface area is 96.6 Å². The Balaban J connectivity index is 2.27. The first-order valence-corrected chi connectivity index (χ1v) is 5.87. The number of fused-ring (bicyclic) bond motifs is 1. The van der Waals surface area contributed by atoms with E-state index in [4.69, 9.17) is 4.74 Å². The van der Waals surface area contributed by atoms with Crippen LogP contribution in [0.4, 0.5) is 11.5 Å². The molecule has 0 radical (unpaired) electrons. The van der Waals surface area contributed by atoms with Gasteiger partial charge in [0.1, 0.15) is 0 Å². The molecule has 0 atom stereocenters. The molecule has 1 aromatic heterocycles. The van der Waals surface area contributed by atoms with Gasteiger partial charge in [-0.25, -0.2) is 0 Å². The van der Waals surface area contributed by atoms with Crippen LogP contribution in [-0.4, -0.2) is 30.7 Å². The van der Waals surface area contributed by atoms with Gasteiger partial charge >= 0.3 is 0 Å². The van der Waals surface area contributed by atoms with Crippen LogP contribution in [0.1, 0.15) is 20.8 Å². The van der Waals surface area contributed by atoms with Gasteiger partial charge in [0.2, 0.25) is 5.88 Å². The lowest BCUT2D eigenvalue weighted by molar-refractivity contribution is 0.233. The molecule has 0 saturated carbocycles. The molecule has 88 valence electrons. The Morgan fingerprint density at radius 2 is 2.31 bits per heavy atom. The highest BCUT2D eigenvalue weighted by atomic mass is 16.5. The molecular formula is C12H19N3O. The van der Waals surface area contributed by atoms with E-state index in [0.717, 1.165) is 31.1 Å². The number of rotatable bonds is 3. The molecule has 0 unspecified atom stereocenters. The normalized spacial score (nSPS) is 14.6. The Morgan fingerprint density at radius 1 is 1.50 bits per heavy atom. The number of ether oxygens (including phenoxy) is 1. The van der Waals surface area contributed by atoms with Crippen LogP contribution in [0, 0.1) is 0 Å². The summed E-state index contributed by atoms with van der Waals surface area (Å²) >= 11 is 0. The van der Waals surface area contributed by atoms with Gasteiger partial charge in [-0.15, -0.1) is 0 Å². The standard InChI is InChI=1S/C12H19N3O/c1-4-15-8-7-13-10-5-6-11(14-12(10)15)16-9(2)3/h5-6,9,13H,4,7-8H2,1-3H3. The van der Waals surface area contributed by atoms with Crippen molar-refractivity contribution >= 4 is 11.5 Å². The molecular weight excluding hydrogens is 202 g/mol. The second-order valence-corrected chi connectivity index (χ2v) is 4.19. The van der Waals surface area contributed by atoms with Crippen LogP contribution in [0.15, 0.2) is 12.1 Å². The summed E-state index contributed by atoms with van der Waals surface area (Å²) in [6.45, 7) is 9.13. The number of pyridine rings is 1. The molecule has 1 aromatic rings. The Morgan fingerprint density at radius 3 is 3.00 bits per heavy atom. The largest absolute Gasteiger partial charge is 0.475 e. The SMILES string of the molecule is CCN1CCNc2ccc(OC(C)C)nc21. The number of aromatic nitrogens is 1. The number of anilines is 2. The first kappa shape index (κ1) is 11.0. The van der Waals surface area contributed by atoms with Crippen molar-refractivity contribution in [3.8, 4) is 5.88 Å². The quantitative estimate of drug-likeness (QED) is 0.848. The molecule has 0 saturated heterocycles. The molecule has 0 spiro atoms. The predicted octanol–water partition coefficient (Wildman–Crippen LogP) is 2.12.